The number of nitrogens with one attached hydrogen (secondary N) is 1. The first kappa shape index (κ1) is 17.5. The molecular formula is C16H23ClN4O2. The van der Waals surface area contributed by atoms with Crippen LogP contribution < -0.4 is 16.0 Å². The van der Waals surface area contributed by atoms with Gasteiger partial charge in [-0.2, -0.15) is 0 Å². The highest BCUT2D eigenvalue weighted by Crippen LogP contribution is 2.28. The van der Waals surface area contributed by atoms with Crippen molar-refractivity contribution in [2.45, 2.75) is 32.6 Å². The lowest BCUT2D eigenvalue weighted by Gasteiger charge is -2.33. The Labute approximate surface area is 141 Å². The summed E-state index contributed by atoms with van der Waals surface area (Å²) >= 11 is 6.22. The molecule has 1 unspecified atom stereocenters. The number of halogens is 1. The van der Waals surface area contributed by atoms with Gasteiger partial charge in [-0.3, -0.25) is 9.59 Å². The first-order valence-corrected chi connectivity index (χ1v) is 8.38. The Kier molecular flexibility index (Phi) is 6.21. The number of carbonyl (C=O) groups is 2. The first-order chi connectivity index (χ1) is 11.0. The molecule has 2 amide bonds. The van der Waals surface area contributed by atoms with Crippen LogP contribution in [-0.4, -0.2) is 36.4 Å². The van der Waals surface area contributed by atoms with Crippen LogP contribution in [0.1, 0.15) is 43.0 Å². The van der Waals surface area contributed by atoms with Gasteiger partial charge >= 0.3 is 0 Å². The largest absolute Gasteiger partial charge is 0.366 e. The van der Waals surface area contributed by atoms with Crippen molar-refractivity contribution >= 4 is 29.2 Å². The minimum Gasteiger partial charge on any atom is -0.366 e. The van der Waals surface area contributed by atoms with Crippen LogP contribution in [-0.2, 0) is 4.79 Å². The lowest BCUT2D eigenvalue weighted by Crippen LogP contribution is -2.43. The number of pyridine rings is 1. The van der Waals surface area contributed by atoms with Crippen LogP contribution in [0.4, 0.5) is 5.82 Å². The van der Waals surface area contributed by atoms with Gasteiger partial charge in [0, 0.05) is 25.8 Å². The summed E-state index contributed by atoms with van der Waals surface area (Å²) in [5.41, 5.74) is 5.51. The van der Waals surface area contributed by atoms with Crippen molar-refractivity contribution in [3.8, 4) is 0 Å². The number of primary amides is 1. The van der Waals surface area contributed by atoms with E-state index >= 15 is 0 Å². The van der Waals surface area contributed by atoms with Crippen molar-refractivity contribution in [3.63, 3.8) is 0 Å². The van der Waals surface area contributed by atoms with Gasteiger partial charge in [0.25, 0.3) is 0 Å². The molecule has 1 aliphatic heterocycles. The number of anilines is 1. The van der Waals surface area contributed by atoms with E-state index in [1.54, 1.807) is 0 Å². The summed E-state index contributed by atoms with van der Waals surface area (Å²) < 4.78 is 0. The SMILES string of the molecule is CCCCNC(=O)C1CCCN(c2ncc(C(N)=O)cc2Cl)C1. The molecule has 0 aromatic carbocycles. The third kappa shape index (κ3) is 4.58. The zero-order valence-corrected chi connectivity index (χ0v) is 14.1. The van der Waals surface area contributed by atoms with Crippen molar-refractivity contribution < 1.29 is 9.59 Å². The van der Waals surface area contributed by atoms with E-state index in [1.165, 1.54) is 12.3 Å². The summed E-state index contributed by atoms with van der Waals surface area (Å²) in [5.74, 6) is 0.0721. The maximum Gasteiger partial charge on any atom is 0.250 e. The second-order valence-electron chi connectivity index (χ2n) is 5.82. The molecule has 1 aliphatic rings. The molecule has 126 valence electrons. The quantitative estimate of drug-likeness (QED) is 0.776. The van der Waals surface area contributed by atoms with Crippen LogP contribution >= 0.6 is 11.6 Å². The third-order valence-corrected chi connectivity index (χ3v) is 4.31. The summed E-state index contributed by atoms with van der Waals surface area (Å²) in [4.78, 5) is 29.6. The summed E-state index contributed by atoms with van der Waals surface area (Å²) in [6, 6.07) is 1.52. The van der Waals surface area contributed by atoms with Crippen LogP contribution in [0.15, 0.2) is 12.3 Å². The molecule has 7 heteroatoms. The maximum absolute atomic E-state index is 12.2. The molecule has 0 spiro atoms. The fourth-order valence-electron chi connectivity index (χ4n) is 2.71. The number of nitrogens with zero attached hydrogens (tertiary/aromatic N) is 2. The second-order valence-corrected chi connectivity index (χ2v) is 6.23. The van der Waals surface area contributed by atoms with Crippen LogP contribution in [0.2, 0.25) is 5.02 Å². The van der Waals surface area contributed by atoms with E-state index in [9.17, 15) is 9.59 Å². The predicted octanol–water partition coefficient (Wildman–Crippen LogP) is 1.97. The molecular weight excluding hydrogens is 316 g/mol. The van der Waals surface area contributed by atoms with E-state index in [-0.39, 0.29) is 17.4 Å². The van der Waals surface area contributed by atoms with Crippen LogP contribution in [0.25, 0.3) is 0 Å². The number of rotatable bonds is 6. The van der Waals surface area contributed by atoms with Gasteiger partial charge < -0.3 is 16.0 Å². The number of aromatic nitrogens is 1. The molecule has 1 fully saturated rings. The van der Waals surface area contributed by atoms with Gasteiger partial charge in [-0.25, -0.2) is 4.98 Å². The van der Waals surface area contributed by atoms with Gasteiger partial charge in [0.05, 0.1) is 16.5 Å². The second kappa shape index (κ2) is 8.15. The Morgan fingerprint density at radius 3 is 2.96 bits per heavy atom. The predicted molar refractivity (Wildman–Crippen MR) is 90.6 cm³/mol. The molecule has 2 rings (SSSR count). The Hall–Kier alpha value is -1.82. The molecule has 23 heavy (non-hydrogen) atoms. The fraction of sp³-hybridized carbons (Fsp3) is 0.562. The van der Waals surface area contributed by atoms with E-state index in [0.29, 0.717) is 17.4 Å². The number of nitrogens with two attached hydrogens (primary N) is 1. The van der Waals surface area contributed by atoms with Crippen LogP contribution in [0.3, 0.4) is 0 Å². The molecule has 6 nitrogen and oxygen atoms in total. The Morgan fingerprint density at radius 2 is 2.30 bits per heavy atom. The molecule has 1 saturated heterocycles. The van der Waals surface area contributed by atoms with E-state index < -0.39 is 5.91 Å². The molecule has 3 N–H and O–H groups in total. The molecule has 1 atom stereocenters. The van der Waals surface area contributed by atoms with E-state index in [4.69, 9.17) is 17.3 Å². The van der Waals surface area contributed by atoms with Crippen molar-refractivity contribution in [2.75, 3.05) is 24.5 Å². The van der Waals surface area contributed by atoms with Crippen molar-refractivity contribution in [2.24, 2.45) is 11.7 Å². The van der Waals surface area contributed by atoms with Crippen molar-refractivity contribution in [1.82, 2.24) is 10.3 Å². The van der Waals surface area contributed by atoms with Gasteiger partial charge in [0.2, 0.25) is 11.8 Å². The Morgan fingerprint density at radius 1 is 1.52 bits per heavy atom. The van der Waals surface area contributed by atoms with E-state index in [1.807, 2.05) is 4.90 Å². The minimum absolute atomic E-state index is 0.0608. The number of unbranched alkanes of at least 4 members (excludes halogenated alkanes) is 1. The van der Waals surface area contributed by atoms with Crippen molar-refractivity contribution in [3.05, 3.63) is 22.8 Å². The smallest absolute Gasteiger partial charge is 0.250 e. The highest BCUT2D eigenvalue weighted by molar-refractivity contribution is 6.33. The first-order valence-electron chi connectivity index (χ1n) is 8.01. The summed E-state index contributed by atoms with van der Waals surface area (Å²) in [6.45, 7) is 4.19. The Bertz CT molecular complexity index is 579. The number of amides is 2. The highest BCUT2D eigenvalue weighted by atomic mass is 35.5. The molecule has 1 aromatic heterocycles. The maximum atomic E-state index is 12.2. The monoisotopic (exact) mass is 338 g/mol. The normalized spacial score (nSPS) is 17.8. The standard InChI is InChI=1S/C16H23ClN4O2/c1-2-3-6-19-16(23)11-5-4-7-21(10-11)15-13(17)8-12(9-20-15)14(18)22/h8-9,11H,2-7,10H2,1H3,(H2,18,22)(H,19,23). The fourth-order valence-corrected chi connectivity index (χ4v) is 3.00. The van der Waals surface area contributed by atoms with Crippen LogP contribution in [0.5, 0.6) is 0 Å². The summed E-state index contributed by atoms with van der Waals surface area (Å²) in [6.07, 6.45) is 5.24. The van der Waals surface area contributed by atoms with Gasteiger partial charge in [0.15, 0.2) is 0 Å². The average molecular weight is 339 g/mol. The topological polar surface area (TPSA) is 88.3 Å². The van der Waals surface area contributed by atoms with Crippen LogP contribution in [0, 0.1) is 5.92 Å². The number of hydrogen-bond acceptors (Lipinski definition) is 4. The van der Waals surface area contributed by atoms with Gasteiger partial charge in [0.1, 0.15) is 5.82 Å². The number of piperidine rings is 1. The minimum atomic E-state index is -0.558. The zero-order chi connectivity index (χ0) is 16.8. The Balaban J connectivity index is 2.03. The lowest BCUT2D eigenvalue weighted by atomic mass is 9.97. The molecule has 1 aromatic rings. The molecule has 0 radical (unpaired) electrons. The lowest BCUT2D eigenvalue weighted by molar-refractivity contribution is -0.125. The molecule has 0 aliphatic carbocycles. The molecule has 0 bridgehead atoms. The highest BCUT2D eigenvalue weighted by Gasteiger charge is 2.27. The van der Waals surface area contributed by atoms with E-state index in [2.05, 4.69) is 17.2 Å². The van der Waals surface area contributed by atoms with E-state index in [0.717, 1.165) is 38.8 Å². The zero-order valence-electron chi connectivity index (χ0n) is 13.3. The summed E-state index contributed by atoms with van der Waals surface area (Å²) in [7, 11) is 0. The molecule has 2 heterocycles. The van der Waals surface area contributed by atoms with Gasteiger partial charge in [-0.1, -0.05) is 24.9 Å². The van der Waals surface area contributed by atoms with Gasteiger partial charge in [-0.05, 0) is 25.3 Å². The van der Waals surface area contributed by atoms with Crippen molar-refractivity contribution in [1.29, 1.82) is 0 Å². The third-order valence-electron chi connectivity index (χ3n) is 4.03. The number of carbonyl (C=O) groups excluding carboxylic acids is 2. The average Bonchev–Trinajstić information content (AvgIpc) is 2.55. The molecule has 0 saturated carbocycles. The van der Waals surface area contributed by atoms with Gasteiger partial charge in [-0.15, -0.1) is 0 Å². The summed E-state index contributed by atoms with van der Waals surface area (Å²) in [5, 5.41) is 3.37. The number of hydrogen-bond donors (Lipinski definition) is 2.